The fourth-order valence-electron chi connectivity index (χ4n) is 1.85. The summed E-state index contributed by atoms with van der Waals surface area (Å²) in [5.41, 5.74) is 12.4. The van der Waals surface area contributed by atoms with Crippen LogP contribution in [-0.4, -0.2) is 11.3 Å². The lowest BCUT2D eigenvalue weighted by atomic mass is 9.99. The van der Waals surface area contributed by atoms with Crippen molar-refractivity contribution in [3.05, 3.63) is 59.7 Å². The molecule has 0 amide bonds. The molecule has 0 atom stereocenters. The van der Waals surface area contributed by atoms with Crippen LogP contribution in [0.5, 0.6) is 0 Å². The second kappa shape index (κ2) is 6.11. The third-order valence-corrected chi connectivity index (χ3v) is 2.76. The highest BCUT2D eigenvalue weighted by molar-refractivity contribution is 7.80. The van der Waals surface area contributed by atoms with Crippen molar-refractivity contribution in [2.45, 2.75) is 6.92 Å². The fraction of sp³-hybridized carbons (Fsp3) is 0.0667. The van der Waals surface area contributed by atoms with Gasteiger partial charge in [0.05, 0.1) is 6.21 Å². The minimum Gasteiger partial charge on any atom is -0.375 e. The maximum absolute atomic E-state index is 5.33. The summed E-state index contributed by atoms with van der Waals surface area (Å²) in [5.74, 6) is 0. The van der Waals surface area contributed by atoms with Crippen LogP contribution >= 0.6 is 12.2 Å². The number of hydrogen-bond donors (Lipinski definition) is 2. The zero-order chi connectivity index (χ0) is 13.7. The zero-order valence-electron chi connectivity index (χ0n) is 10.6. The molecule has 0 fully saturated rings. The van der Waals surface area contributed by atoms with Crippen LogP contribution in [0.15, 0.2) is 53.6 Å². The van der Waals surface area contributed by atoms with Crippen LogP contribution in [0.3, 0.4) is 0 Å². The Morgan fingerprint density at radius 2 is 2.00 bits per heavy atom. The second-order valence-corrected chi connectivity index (χ2v) is 4.63. The van der Waals surface area contributed by atoms with Crippen molar-refractivity contribution in [3.63, 3.8) is 0 Å². The molecule has 3 N–H and O–H groups in total. The van der Waals surface area contributed by atoms with E-state index in [1.807, 2.05) is 24.3 Å². The highest BCUT2D eigenvalue weighted by Gasteiger charge is 2.02. The van der Waals surface area contributed by atoms with Gasteiger partial charge in [-0.1, -0.05) is 54.1 Å². The molecule has 0 bridgehead atoms. The lowest BCUT2D eigenvalue weighted by molar-refractivity contribution is 1.04. The standard InChI is InChI=1S/C15H15N3S/c1-11-5-4-7-12(9-11)14-8-3-2-6-13(14)10-17-18-15(16)19/h2-10H,1H3,(H3,16,18,19). The summed E-state index contributed by atoms with van der Waals surface area (Å²) >= 11 is 4.71. The van der Waals surface area contributed by atoms with Gasteiger partial charge in [0, 0.05) is 5.56 Å². The van der Waals surface area contributed by atoms with Crippen molar-refractivity contribution in [2.75, 3.05) is 0 Å². The van der Waals surface area contributed by atoms with Gasteiger partial charge in [0.25, 0.3) is 0 Å². The summed E-state index contributed by atoms with van der Waals surface area (Å²) in [6.45, 7) is 2.08. The molecule has 4 heteroatoms. The van der Waals surface area contributed by atoms with Crippen LogP contribution in [0.25, 0.3) is 11.1 Å². The summed E-state index contributed by atoms with van der Waals surface area (Å²) in [6, 6.07) is 16.4. The van der Waals surface area contributed by atoms with E-state index in [1.165, 1.54) is 5.56 Å². The highest BCUT2D eigenvalue weighted by atomic mass is 32.1. The Labute approximate surface area is 118 Å². The smallest absolute Gasteiger partial charge is 0.184 e. The Hall–Kier alpha value is -2.20. The van der Waals surface area contributed by atoms with E-state index in [4.69, 9.17) is 18.0 Å². The molecule has 0 unspecified atom stereocenters. The fourth-order valence-corrected chi connectivity index (χ4v) is 1.90. The number of aryl methyl sites for hydroxylation is 1. The monoisotopic (exact) mass is 269 g/mol. The first-order chi connectivity index (χ1) is 9.16. The summed E-state index contributed by atoms with van der Waals surface area (Å²) in [6.07, 6.45) is 1.72. The maximum atomic E-state index is 5.33. The number of nitrogens with two attached hydrogens (primary N) is 1. The summed E-state index contributed by atoms with van der Waals surface area (Å²) in [7, 11) is 0. The third-order valence-electron chi connectivity index (χ3n) is 2.67. The van der Waals surface area contributed by atoms with Crippen LogP contribution in [0.2, 0.25) is 0 Å². The van der Waals surface area contributed by atoms with Crippen LogP contribution in [0.4, 0.5) is 0 Å². The van der Waals surface area contributed by atoms with Gasteiger partial charge >= 0.3 is 0 Å². The van der Waals surface area contributed by atoms with E-state index >= 15 is 0 Å². The number of benzene rings is 2. The lowest BCUT2D eigenvalue weighted by Gasteiger charge is -2.06. The van der Waals surface area contributed by atoms with Crippen molar-refractivity contribution < 1.29 is 0 Å². The molecule has 0 saturated carbocycles. The molecule has 2 rings (SSSR count). The Morgan fingerprint density at radius 1 is 1.21 bits per heavy atom. The van der Waals surface area contributed by atoms with Gasteiger partial charge in [0.2, 0.25) is 0 Å². The summed E-state index contributed by atoms with van der Waals surface area (Å²) < 4.78 is 0. The van der Waals surface area contributed by atoms with Gasteiger partial charge in [0.1, 0.15) is 0 Å². The van der Waals surface area contributed by atoms with Gasteiger partial charge < -0.3 is 5.73 Å². The van der Waals surface area contributed by atoms with Gasteiger partial charge in [-0.25, -0.2) is 0 Å². The van der Waals surface area contributed by atoms with E-state index in [1.54, 1.807) is 6.21 Å². The molecule has 2 aromatic rings. The van der Waals surface area contributed by atoms with E-state index in [9.17, 15) is 0 Å². The molecule has 0 saturated heterocycles. The molecule has 0 aliphatic rings. The minimum absolute atomic E-state index is 0.157. The first-order valence-electron chi connectivity index (χ1n) is 5.91. The van der Waals surface area contributed by atoms with Crippen molar-refractivity contribution in [2.24, 2.45) is 10.8 Å². The Kier molecular flexibility index (Phi) is 4.26. The number of nitrogens with zero attached hydrogens (tertiary/aromatic N) is 1. The predicted molar refractivity (Wildman–Crippen MR) is 84.1 cm³/mol. The van der Waals surface area contributed by atoms with Gasteiger partial charge in [-0.2, -0.15) is 5.10 Å². The molecule has 96 valence electrons. The van der Waals surface area contributed by atoms with Crippen LogP contribution in [0.1, 0.15) is 11.1 Å². The van der Waals surface area contributed by atoms with Crippen molar-refractivity contribution in [3.8, 4) is 11.1 Å². The minimum atomic E-state index is 0.157. The first kappa shape index (κ1) is 13.2. The van der Waals surface area contributed by atoms with Crippen molar-refractivity contribution in [1.82, 2.24) is 5.43 Å². The molecule has 0 radical (unpaired) electrons. The number of rotatable bonds is 3. The molecule has 0 heterocycles. The molecule has 0 aromatic heterocycles. The quantitative estimate of drug-likeness (QED) is 0.512. The van der Waals surface area contributed by atoms with Crippen LogP contribution < -0.4 is 11.2 Å². The normalized spacial score (nSPS) is 10.6. The Morgan fingerprint density at radius 3 is 2.74 bits per heavy atom. The van der Waals surface area contributed by atoms with Gasteiger partial charge in [0.15, 0.2) is 5.11 Å². The number of nitrogens with one attached hydrogen (secondary N) is 1. The molecular formula is C15H15N3S. The van der Waals surface area contributed by atoms with Crippen LogP contribution in [-0.2, 0) is 0 Å². The second-order valence-electron chi connectivity index (χ2n) is 4.19. The average Bonchev–Trinajstić information content (AvgIpc) is 2.39. The van der Waals surface area contributed by atoms with Gasteiger partial charge in [-0.3, -0.25) is 5.43 Å². The predicted octanol–water partition coefficient (Wildman–Crippen LogP) is 2.83. The Balaban J connectivity index is 2.36. The SMILES string of the molecule is Cc1cccc(-c2ccccc2C=NNC(N)=S)c1. The lowest BCUT2D eigenvalue weighted by Crippen LogP contribution is -2.24. The van der Waals surface area contributed by atoms with Gasteiger partial charge in [-0.15, -0.1) is 0 Å². The summed E-state index contributed by atoms with van der Waals surface area (Å²) in [5, 5.41) is 4.17. The van der Waals surface area contributed by atoms with Gasteiger partial charge in [-0.05, 0) is 30.3 Å². The zero-order valence-corrected chi connectivity index (χ0v) is 11.4. The third kappa shape index (κ3) is 3.63. The largest absolute Gasteiger partial charge is 0.375 e. The van der Waals surface area contributed by atoms with E-state index in [0.717, 1.165) is 16.7 Å². The first-order valence-corrected chi connectivity index (χ1v) is 6.32. The molecule has 2 aromatic carbocycles. The molecular weight excluding hydrogens is 254 g/mol. The molecule has 0 spiro atoms. The van der Waals surface area contributed by atoms with Crippen molar-refractivity contribution in [1.29, 1.82) is 0 Å². The van der Waals surface area contributed by atoms with E-state index in [2.05, 4.69) is 41.7 Å². The number of thiocarbonyl (C=S) groups is 1. The molecule has 0 aliphatic heterocycles. The highest BCUT2D eigenvalue weighted by Crippen LogP contribution is 2.23. The summed E-state index contributed by atoms with van der Waals surface area (Å²) in [4.78, 5) is 0. The van der Waals surface area contributed by atoms with Crippen molar-refractivity contribution >= 4 is 23.5 Å². The number of hydrazone groups is 1. The van der Waals surface area contributed by atoms with E-state index < -0.39 is 0 Å². The Bertz CT molecular complexity index is 620. The maximum Gasteiger partial charge on any atom is 0.184 e. The van der Waals surface area contributed by atoms with E-state index in [0.29, 0.717) is 0 Å². The molecule has 3 nitrogen and oxygen atoms in total. The topological polar surface area (TPSA) is 50.4 Å². The van der Waals surface area contributed by atoms with E-state index in [-0.39, 0.29) is 5.11 Å². The molecule has 19 heavy (non-hydrogen) atoms. The van der Waals surface area contributed by atoms with Crippen LogP contribution in [0, 0.1) is 6.92 Å². The average molecular weight is 269 g/mol. The number of hydrogen-bond acceptors (Lipinski definition) is 2. The molecule has 0 aliphatic carbocycles.